The van der Waals surface area contributed by atoms with E-state index >= 15 is 0 Å². The summed E-state index contributed by atoms with van der Waals surface area (Å²) >= 11 is 0. The van der Waals surface area contributed by atoms with Gasteiger partial charge in [-0.05, 0) is 79.1 Å². The van der Waals surface area contributed by atoms with Crippen LogP contribution in [0.25, 0.3) is 0 Å². The summed E-state index contributed by atoms with van der Waals surface area (Å²) in [6, 6.07) is 1.33. The van der Waals surface area contributed by atoms with Crippen LogP contribution in [0, 0.1) is 5.92 Å². The zero-order chi connectivity index (χ0) is 31.9. The number of hydrogen-bond donors (Lipinski definition) is 0. The minimum atomic E-state index is -5.17. The normalized spacial score (nSPS) is 19.1. The molecule has 0 aromatic heterocycles. The summed E-state index contributed by atoms with van der Waals surface area (Å²) in [7, 11) is 0.922. The van der Waals surface area contributed by atoms with Crippen LogP contribution in [0.4, 0.5) is 54.8 Å². The highest BCUT2D eigenvalue weighted by molar-refractivity contribution is 5.91. The van der Waals surface area contributed by atoms with E-state index in [-0.39, 0.29) is 36.3 Å². The lowest BCUT2D eigenvalue weighted by Gasteiger charge is -2.44. The summed E-state index contributed by atoms with van der Waals surface area (Å²) in [6.07, 6.45) is -15.6. The van der Waals surface area contributed by atoms with Crippen molar-refractivity contribution < 1.29 is 58.6 Å². The highest BCUT2D eigenvalue weighted by Crippen LogP contribution is 2.50. The van der Waals surface area contributed by atoms with Gasteiger partial charge in [0.25, 0.3) is 0 Å². The van der Waals surface area contributed by atoms with E-state index in [0.29, 0.717) is 37.5 Å². The van der Waals surface area contributed by atoms with Crippen molar-refractivity contribution >= 4 is 17.9 Å². The molecule has 6 nitrogen and oxygen atoms in total. The van der Waals surface area contributed by atoms with Crippen molar-refractivity contribution in [3.8, 4) is 0 Å². The highest BCUT2D eigenvalue weighted by Gasteiger charge is 2.48. The van der Waals surface area contributed by atoms with Crippen molar-refractivity contribution in [1.82, 2.24) is 4.90 Å². The van der Waals surface area contributed by atoms with Crippen LogP contribution in [0.3, 0.4) is 0 Å². The molecule has 2 aliphatic rings. The predicted octanol–water partition coefficient (Wildman–Crippen LogP) is 8.59. The molecule has 1 aliphatic heterocycles. The number of benzene rings is 2. The van der Waals surface area contributed by atoms with Crippen molar-refractivity contribution in [2.45, 2.75) is 69.8 Å². The number of carbonyl (C=O) groups excluding carboxylic acids is 2. The molecule has 0 N–H and O–H groups in total. The molecule has 1 saturated carbocycles. The van der Waals surface area contributed by atoms with Crippen LogP contribution in [0.15, 0.2) is 36.4 Å². The summed E-state index contributed by atoms with van der Waals surface area (Å²) in [4.78, 5) is 28.2. The molecule has 15 heteroatoms. The molecule has 1 fully saturated rings. The van der Waals surface area contributed by atoms with Gasteiger partial charge in [-0.2, -0.15) is 39.5 Å². The zero-order valence-corrected chi connectivity index (χ0v) is 22.9. The third-order valence-electron chi connectivity index (χ3n) is 7.35. The zero-order valence-electron chi connectivity index (χ0n) is 22.9. The Kier molecular flexibility index (Phi) is 8.85. The maximum Gasteiger partial charge on any atom is 0.416 e. The van der Waals surface area contributed by atoms with Gasteiger partial charge < -0.3 is 9.47 Å². The Balaban J connectivity index is 1.87. The maximum atomic E-state index is 13.8. The smallest absolute Gasteiger partial charge is 0.416 e. The number of anilines is 1. The number of fused-ring (bicyclic) bond motifs is 1. The van der Waals surface area contributed by atoms with Gasteiger partial charge in [-0.1, -0.05) is 6.92 Å². The monoisotopic (exact) mass is 626 g/mol. The van der Waals surface area contributed by atoms with E-state index in [1.54, 1.807) is 6.92 Å². The van der Waals surface area contributed by atoms with E-state index in [1.165, 1.54) is 4.90 Å². The Morgan fingerprint density at radius 3 is 1.95 bits per heavy atom. The molecule has 2 amide bonds. The number of methoxy groups -OCH3 is 1. The van der Waals surface area contributed by atoms with E-state index in [2.05, 4.69) is 0 Å². The van der Waals surface area contributed by atoms with Crippen LogP contribution < -0.4 is 4.90 Å². The van der Waals surface area contributed by atoms with Gasteiger partial charge in [0.05, 0.1) is 42.1 Å². The molecule has 0 spiro atoms. The van der Waals surface area contributed by atoms with E-state index in [1.807, 2.05) is 0 Å². The minimum absolute atomic E-state index is 0.0174. The van der Waals surface area contributed by atoms with E-state index < -0.39 is 71.6 Å². The van der Waals surface area contributed by atoms with Crippen molar-refractivity contribution in [3.63, 3.8) is 0 Å². The third kappa shape index (κ3) is 7.12. The van der Waals surface area contributed by atoms with Crippen molar-refractivity contribution in [1.29, 1.82) is 0 Å². The number of halogens is 9. The predicted molar refractivity (Wildman–Crippen MR) is 134 cm³/mol. The van der Waals surface area contributed by atoms with E-state index in [9.17, 15) is 49.1 Å². The van der Waals surface area contributed by atoms with Crippen LogP contribution in [-0.2, 0) is 34.5 Å². The quantitative estimate of drug-likeness (QED) is 0.302. The lowest BCUT2D eigenvalue weighted by atomic mass is 9.86. The molecular weight excluding hydrogens is 599 g/mol. The lowest BCUT2D eigenvalue weighted by molar-refractivity contribution is -0.143. The Hall–Kier alpha value is -3.65. The molecule has 4 rings (SSSR count). The molecule has 0 bridgehead atoms. The second-order valence-electron chi connectivity index (χ2n) is 10.4. The summed E-state index contributed by atoms with van der Waals surface area (Å²) < 4.78 is 133. The lowest BCUT2D eigenvalue weighted by Crippen LogP contribution is -2.50. The fourth-order valence-electron chi connectivity index (χ4n) is 5.26. The minimum Gasteiger partial charge on any atom is -0.453 e. The number of rotatable bonds is 6. The molecule has 0 saturated heterocycles. The first-order valence-corrected chi connectivity index (χ1v) is 13.3. The summed E-state index contributed by atoms with van der Waals surface area (Å²) in [5.74, 6) is -0.128. The maximum absolute atomic E-state index is 13.8. The van der Waals surface area contributed by atoms with Crippen molar-refractivity contribution in [2.75, 3.05) is 18.6 Å². The Morgan fingerprint density at radius 1 is 0.884 bits per heavy atom. The van der Waals surface area contributed by atoms with Crippen LogP contribution in [0.1, 0.15) is 66.5 Å². The van der Waals surface area contributed by atoms with Gasteiger partial charge in [-0.15, -0.1) is 0 Å². The molecular formula is C28H27F9N2O4. The number of ether oxygens (including phenoxy) is 2. The van der Waals surface area contributed by atoms with Gasteiger partial charge in [0.1, 0.15) is 0 Å². The Labute approximate surface area is 240 Å². The first kappa shape index (κ1) is 32.3. The van der Waals surface area contributed by atoms with Gasteiger partial charge >= 0.3 is 30.7 Å². The third-order valence-corrected chi connectivity index (χ3v) is 7.35. The number of hydrogen-bond acceptors (Lipinski definition) is 4. The van der Waals surface area contributed by atoms with Crippen LogP contribution in [-0.4, -0.2) is 36.8 Å². The number of nitrogens with zero attached hydrogens (tertiary/aromatic N) is 2. The molecule has 1 heterocycles. The molecule has 1 aliphatic carbocycles. The van der Waals surface area contributed by atoms with E-state index in [0.717, 1.165) is 24.1 Å². The SMILES string of the molecule is CCCOC(=O)N1c2ccc(C(F)(F)F)cc2[C@@H](N(Cc2cc(C(F)(F)F)cc(C(F)(F)F)c2)C(=O)OC)C[C@H]1C1CC1. The first-order valence-electron chi connectivity index (χ1n) is 13.3. The largest absolute Gasteiger partial charge is 0.453 e. The highest BCUT2D eigenvalue weighted by atomic mass is 19.4. The summed E-state index contributed by atoms with van der Waals surface area (Å²) in [5.41, 5.74) is -5.15. The van der Waals surface area contributed by atoms with Gasteiger partial charge in [-0.25, -0.2) is 9.59 Å². The fourth-order valence-corrected chi connectivity index (χ4v) is 5.26. The number of alkyl halides is 9. The molecule has 0 radical (unpaired) electrons. The van der Waals surface area contributed by atoms with Gasteiger partial charge in [0.15, 0.2) is 0 Å². The molecule has 236 valence electrons. The molecule has 0 unspecified atom stereocenters. The topological polar surface area (TPSA) is 59.1 Å². The second-order valence-corrected chi connectivity index (χ2v) is 10.4. The molecule has 43 heavy (non-hydrogen) atoms. The summed E-state index contributed by atoms with van der Waals surface area (Å²) in [6.45, 7) is 0.906. The first-order chi connectivity index (χ1) is 20.0. The summed E-state index contributed by atoms with van der Waals surface area (Å²) in [5, 5.41) is 0. The fraction of sp³-hybridized carbons (Fsp3) is 0.500. The van der Waals surface area contributed by atoms with Gasteiger partial charge in [0.2, 0.25) is 0 Å². The average Bonchev–Trinajstić information content (AvgIpc) is 3.77. The average molecular weight is 627 g/mol. The Bertz CT molecular complexity index is 1320. The van der Waals surface area contributed by atoms with Crippen molar-refractivity contribution in [3.05, 3.63) is 64.2 Å². The van der Waals surface area contributed by atoms with E-state index in [4.69, 9.17) is 9.47 Å². The molecule has 2 atom stereocenters. The van der Waals surface area contributed by atoms with Gasteiger partial charge in [-0.3, -0.25) is 9.80 Å². The number of carbonyl (C=O) groups is 2. The second kappa shape index (κ2) is 11.8. The van der Waals surface area contributed by atoms with Crippen molar-refractivity contribution in [2.24, 2.45) is 5.92 Å². The van der Waals surface area contributed by atoms with Crippen LogP contribution >= 0.6 is 0 Å². The standard InChI is InChI=1S/C28H27F9N2O4/c1-3-8-43-25(41)39-21-7-6-17(26(29,30)31)12-20(21)23(13-22(39)16-4-5-16)38(24(40)42-2)14-15-9-18(27(32,33)34)11-19(10-15)28(35,36)37/h6-7,9-12,16,22-23H,3-5,8,13-14H2,1-2H3/t22-,23-/m0/s1. The van der Waals surface area contributed by atoms with Crippen LogP contribution in [0.2, 0.25) is 0 Å². The van der Waals surface area contributed by atoms with Crippen LogP contribution in [0.5, 0.6) is 0 Å². The number of amides is 2. The molecule has 2 aromatic carbocycles. The molecule has 2 aromatic rings. The Morgan fingerprint density at radius 2 is 1.47 bits per heavy atom. The van der Waals surface area contributed by atoms with Gasteiger partial charge in [0, 0.05) is 12.6 Å².